The molecule has 3 rings (SSSR count). The Hall–Kier alpha value is -3.62. The second-order valence-corrected chi connectivity index (χ2v) is 6.04. The SMILES string of the molecule is COc1cccc(/C=C/C(=O)Nc2ccc3c(c2)NC(=O)[C@H](C)O3)c1OC(F)F. The van der Waals surface area contributed by atoms with Crippen LogP contribution in [0, 0.1) is 0 Å². The fourth-order valence-corrected chi connectivity index (χ4v) is 2.68. The van der Waals surface area contributed by atoms with Crippen molar-refractivity contribution in [2.75, 3.05) is 17.7 Å². The van der Waals surface area contributed by atoms with Gasteiger partial charge in [0.25, 0.3) is 5.91 Å². The molecule has 0 saturated carbocycles. The van der Waals surface area contributed by atoms with Crippen molar-refractivity contribution >= 4 is 29.3 Å². The van der Waals surface area contributed by atoms with Crippen LogP contribution in [0.15, 0.2) is 42.5 Å². The Balaban J connectivity index is 1.74. The average Bonchev–Trinajstić information content (AvgIpc) is 2.68. The second kappa shape index (κ2) is 8.59. The highest BCUT2D eigenvalue weighted by atomic mass is 19.3. The number of rotatable bonds is 6. The van der Waals surface area contributed by atoms with E-state index in [0.29, 0.717) is 17.1 Å². The van der Waals surface area contributed by atoms with Crippen LogP contribution in [0.5, 0.6) is 17.2 Å². The summed E-state index contributed by atoms with van der Waals surface area (Å²) in [4.78, 5) is 23.9. The predicted octanol–water partition coefficient (Wildman–Crippen LogP) is 3.67. The van der Waals surface area contributed by atoms with E-state index in [0.717, 1.165) is 0 Å². The lowest BCUT2D eigenvalue weighted by atomic mass is 10.1. The quantitative estimate of drug-likeness (QED) is 0.718. The molecule has 0 aromatic heterocycles. The van der Waals surface area contributed by atoms with E-state index < -0.39 is 18.6 Å². The lowest BCUT2D eigenvalue weighted by Gasteiger charge is -2.23. The molecule has 1 aliphatic rings. The number of anilines is 2. The molecule has 0 saturated heterocycles. The van der Waals surface area contributed by atoms with Crippen LogP contribution in [0.25, 0.3) is 6.08 Å². The lowest BCUT2D eigenvalue weighted by Crippen LogP contribution is -2.34. The Labute approximate surface area is 165 Å². The van der Waals surface area contributed by atoms with Gasteiger partial charge in [0.1, 0.15) is 5.75 Å². The second-order valence-electron chi connectivity index (χ2n) is 6.04. The van der Waals surface area contributed by atoms with Gasteiger partial charge in [0, 0.05) is 17.3 Å². The molecule has 7 nitrogen and oxygen atoms in total. The molecule has 0 spiro atoms. The molecular formula is C20H18F2N2O5. The molecule has 1 heterocycles. The number of hydrogen-bond donors (Lipinski definition) is 2. The summed E-state index contributed by atoms with van der Waals surface area (Å²) >= 11 is 0. The molecular weight excluding hydrogens is 386 g/mol. The van der Waals surface area contributed by atoms with E-state index in [-0.39, 0.29) is 23.0 Å². The molecule has 2 aromatic rings. The van der Waals surface area contributed by atoms with Crippen molar-refractivity contribution in [1.29, 1.82) is 0 Å². The van der Waals surface area contributed by atoms with Gasteiger partial charge >= 0.3 is 6.61 Å². The van der Waals surface area contributed by atoms with Crippen LogP contribution < -0.4 is 24.8 Å². The first-order valence-corrected chi connectivity index (χ1v) is 8.60. The van der Waals surface area contributed by atoms with Crippen molar-refractivity contribution in [1.82, 2.24) is 0 Å². The number of benzene rings is 2. The molecule has 2 N–H and O–H groups in total. The minimum absolute atomic E-state index is 0.118. The van der Waals surface area contributed by atoms with Crippen molar-refractivity contribution in [3.05, 3.63) is 48.0 Å². The summed E-state index contributed by atoms with van der Waals surface area (Å²) in [7, 11) is 1.33. The number of para-hydroxylation sites is 1. The number of carbonyl (C=O) groups excluding carboxylic acids is 2. The van der Waals surface area contributed by atoms with Crippen LogP contribution in [0.1, 0.15) is 12.5 Å². The van der Waals surface area contributed by atoms with Gasteiger partial charge in [-0.3, -0.25) is 9.59 Å². The van der Waals surface area contributed by atoms with Gasteiger partial charge in [-0.05, 0) is 37.3 Å². The molecule has 0 unspecified atom stereocenters. The van der Waals surface area contributed by atoms with Crippen LogP contribution in [0.4, 0.5) is 20.2 Å². The number of ether oxygens (including phenoxy) is 3. The van der Waals surface area contributed by atoms with Gasteiger partial charge in [0.2, 0.25) is 5.91 Å². The van der Waals surface area contributed by atoms with Gasteiger partial charge in [-0.15, -0.1) is 0 Å². The van der Waals surface area contributed by atoms with Crippen molar-refractivity contribution < 1.29 is 32.6 Å². The molecule has 9 heteroatoms. The number of methoxy groups -OCH3 is 1. The topological polar surface area (TPSA) is 85.9 Å². The van der Waals surface area contributed by atoms with E-state index >= 15 is 0 Å². The fraction of sp³-hybridized carbons (Fsp3) is 0.200. The first kappa shape index (κ1) is 20.1. The summed E-state index contributed by atoms with van der Waals surface area (Å²) in [6, 6.07) is 9.37. The zero-order chi connectivity index (χ0) is 21.0. The number of amides is 2. The average molecular weight is 404 g/mol. The van der Waals surface area contributed by atoms with Gasteiger partial charge in [-0.2, -0.15) is 8.78 Å². The third-order valence-electron chi connectivity index (χ3n) is 4.03. The summed E-state index contributed by atoms with van der Waals surface area (Å²) < 4.78 is 40.3. The third kappa shape index (κ3) is 4.81. The molecule has 0 radical (unpaired) electrons. The Morgan fingerprint density at radius 2 is 2.10 bits per heavy atom. The summed E-state index contributed by atoms with van der Waals surface area (Å²) in [5.74, 6) is -0.349. The zero-order valence-corrected chi connectivity index (χ0v) is 15.6. The zero-order valence-electron chi connectivity index (χ0n) is 15.6. The molecule has 2 amide bonds. The van der Waals surface area contributed by atoms with E-state index in [9.17, 15) is 18.4 Å². The standard InChI is InChI=1S/C20H18F2N2O5/c1-11-19(26)24-14-10-13(7-8-15(14)28-11)23-17(25)9-6-12-4-3-5-16(27-2)18(12)29-20(21)22/h3-11,20H,1-2H3,(H,23,25)(H,24,26)/b9-6+/t11-/m0/s1. The summed E-state index contributed by atoms with van der Waals surface area (Å²) in [6.45, 7) is -1.41. The molecule has 1 aliphatic heterocycles. The molecule has 29 heavy (non-hydrogen) atoms. The Morgan fingerprint density at radius 3 is 2.83 bits per heavy atom. The van der Waals surface area contributed by atoms with Crippen molar-refractivity contribution in [3.63, 3.8) is 0 Å². The summed E-state index contributed by atoms with van der Waals surface area (Å²) in [5.41, 5.74) is 1.11. The summed E-state index contributed by atoms with van der Waals surface area (Å²) in [6.07, 6.45) is 1.91. The van der Waals surface area contributed by atoms with Crippen molar-refractivity contribution in [2.24, 2.45) is 0 Å². The Kier molecular flexibility index (Phi) is 5.96. The fourth-order valence-electron chi connectivity index (χ4n) is 2.68. The van der Waals surface area contributed by atoms with Gasteiger partial charge in [0.05, 0.1) is 12.8 Å². The largest absolute Gasteiger partial charge is 0.493 e. The maximum atomic E-state index is 12.7. The lowest BCUT2D eigenvalue weighted by molar-refractivity contribution is -0.122. The number of fused-ring (bicyclic) bond motifs is 1. The highest BCUT2D eigenvalue weighted by Crippen LogP contribution is 2.34. The van der Waals surface area contributed by atoms with Crippen LogP contribution in [0.3, 0.4) is 0 Å². The number of nitrogens with one attached hydrogen (secondary N) is 2. The van der Waals surface area contributed by atoms with E-state index in [1.165, 1.54) is 31.4 Å². The van der Waals surface area contributed by atoms with Gasteiger partial charge in [-0.1, -0.05) is 12.1 Å². The van der Waals surface area contributed by atoms with Crippen LogP contribution in [-0.4, -0.2) is 31.6 Å². The van der Waals surface area contributed by atoms with E-state index in [2.05, 4.69) is 15.4 Å². The third-order valence-corrected chi connectivity index (χ3v) is 4.03. The van der Waals surface area contributed by atoms with Crippen LogP contribution >= 0.6 is 0 Å². The number of alkyl halides is 2. The molecule has 1 atom stereocenters. The van der Waals surface area contributed by atoms with Gasteiger partial charge < -0.3 is 24.8 Å². The predicted molar refractivity (Wildman–Crippen MR) is 102 cm³/mol. The number of hydrogen-bond acceptors (Lipinski definition) is 5. The van der Waals surface area contributed by atoms with Crippen molar-refractivity contribution in [3.8, 4) is 17.2 Å². The van der Waals surface area contributed by atoms with Crippen LogP contribution in [-0.2, 0) is 9.59 Å². The molecule has 0 aliphatic carbocycles. The van der Waals surface area contributed by atoms with E-state index in [1.807, 2.05) is 0 Å². The molecule has 0 fully saturated rings. The molecule has 152 valence electrons. The molecule has 2 aromatic carbocycles. The maximum absolute atomic E-state index is 12.7. The van der Waals surface area contributed by atoms with Crippen LogP contribution in [0.2, 0.25) is 0 Å². The van der Waals surface area contributed by atoms with Crippen molar-refractivity contribution in [2.45, 2.75) is 19.6 Å². The van der Waals surface area contributed by atoms with E-state index in [1.54, 1.807) is 31.2 Å². The Bertz CT molecular complexity index is 962. The Morgan fingerprint density at radius 1 is 1.31 bits per heavy atom. The van der Waals surface area contributed by atoms with Gasteiger partial charge in [-0.25, -0.2) is 0 Å². The van der Waals surface area contributed by atoms with E-state index in [4.69, 9.17) is 9.47 Å². The minimum atomic E-state index is -3.04. The first-order valence-electron chi connectivity index (χ1n) is 8.60. The first-order chi connectivity index (χ1) is 13.9. The highest BCUT2D eigenvalue weighted by molar-refractivity contribution is 6.03. The number of halogens is 2. The van der Waals surface area contributed by atoms with Gasteiger partial charge in [0.15, 0.2) is 17.6 Å². The smallest absolute Gasteiger partial charge is 0.387 e. The monoisotopic (exact) mass is 404 g/mol. The minimum Gasteiger partial charge on any atom is -0.493 e. The number of carbonyl (C=O) groups is 2. The summed E-state index contributed by atoms with van der Waals surface area (Å²) in [5, 5.41) is 5.31. The molecule has 0 bridgehead atoms. The highest BCUT2D eigenvalue weighted by Gasteiger charge is 2.23. The normalized spacial score (nSPS) is 15.5. The maximum Gasteiger partial charge on any atom is 0.387 e.